The average Bonchev–Trinajstić information content (AvgIpc) is 2.39. The summed E-state index contributed by atoms with van der Waals surface area (Å²) in [7, 11) is 0. The van der Waals surface area contributed by atoms with Gasteiger partial charge in [0.1, 0.15) is 0 Å². The Morgan fingerprint density at radius 2 is 2.37 bits per heavy atom. The van der Waals surface area contributed by atoms with Crippen LogP contribution in [-0.4, -0.2) is 42.2 Å². The van der Waals surface area contributed by atoms with Gasteiger partial charge in [0.05, 0.1) is 5.75 Å². The zero-order valence-corrected chi connectivity index (χ0v) is 12.5. The third-order valence-corrected chi connectivity index (χ3v) is 4.39. The van der Waals surface area contributed by atoms with Gasteiger partial charge in [0.25, 0.3) is 0 Å². The summed E-state index contributed by atoms with van der Waals surface area (Å²) in [5.41, 5.74) is 2.58. The summed E-state index contributed by atoms with van der Waals surface area (Å²) in [5.74, 6) is 1.76. The van der Waals surface area contributed by atoms with E-state index in [0.717, 1.165) is 25.4 Å². The molecule has 1 fully saturated rings. The van der Waals surface area contributed by atoms with E-state index in [4.69, 9.17) is 0 Å². The van der Waals surface area contributed by atoms with Crippen molar-refractivity contribution < 1.29 is 4.79 Å². The van der Waals surface area contributed by atoms with E-state index in [9.17, 15) is 4.79 Å². The number of amides is 1. The van der Waals surface area contributed by atoms with Gasteiger partial charge in [0.2, 0.25) is 5.91 Å². The van der Waals surface area contributed by atoms with Crippen LogP contribution in [0.25, 0.3) is 0 Å². The molecule has 1 heterocycles. The molecule has 1 unspecified atom stereocenters. The first-order valence-corrected chi connectivity index (χ1v) is 7.96. The van der Waals surface area contributed by atoms with Crippen molar-refractivity contribution in [1.29, 1.82) is 0 Å². The Hall–Kier alpha value is -1.00. The Bertz CT molecular complexity index is 436. The van der Waals surface area contributed by atoms with Gasteiger partial charge < -0.3 is 10.2 Å². The molecule has 2 rings (SSSR count). The summed E-state index contributed by atoms with van der Waals surface area (Å²) in [4.78, 5) is 14.1. The molecule has 1 aliphatic rings. The minimum absolute atomic E-state index is 0.270. The number of thioether (sulfide) groups is 1. The number of piperazine rings is 1. The maximum Gasteiger partial charge on any atom is 0.232 e. The fourth-order valence-corrected chi connectivity index (χ4v) is 3.21. The van der Waals surface area contributed by atoms with E-state index < -0.39 is 0 Å². The molecule has 1 N–H and O–H groups in total. The van der Waals surface area contributed by atoms with Crippen LogP contribution in [0.4, 0.5) is 0 Å². The maximum atomic E-state index is 12.1. The molecule has 0 bridgehead atoms. The van der Waals surface area contributed by atoms with E-state index in [-0.39, 0.29) is 5.91 Å². The Morgan fingerprint density at radius 3 is 3.11 bits per heavy atom. The second-order valence-corrected chi connectivity index (χ2v) is 6.11. The average molecular weight is 278 g/mol. The molecule has 0 saturated carbocycles. The van der Waals surface area contributed by atoms with Crippen LogP contribution in [0.5, 0.6) is 0 Å². The Balaban J connectivity index is 1.77. The lowest BCUT2D eigenvalue weighted by atomic mass is 10.2. The molecule has 1 saturated heterocycles. The summed E-state index contributed by atoms with van der Waals surface area (Å²) >= 11 is 1.71. The first kappa shape index (κ1) is 14.4. The highest BCUT2D eigenvalue weighted by molar-refractivity contribution is 7.99. The van der Waals surface area contributed by atoms with Gasteiger partial charge in [0.15, 0.2) is 0 Å². The van der Waals surface area contributed by atoms with Crippen molar-refractivity contribution in [3.05, 3.63) is 35.4 Å². The summed E-state index contributed by atoms with van der Waals surface area (Å²) in [6.45, 7) is 6.87. The van der Waals surface area contributed by atoms with Crippen LogP contribution in [0.15, 0.2) is 24.3 Å². The molecule has 104 valence electrons. The van der Waals surface area contributed by atoms with Crippen molar-refractivity contribution in [1.82, 2.24) is 10.2 Å². The van der Waals surface area contributed by atoms with Gasteiger partial charge in [-0.05, 0) is 19.4 Å². The largest absolute Gasteiger partial charge is 0.337 e. The number of carbonyl (C=O) groups is 1. The van der Waals surface area contributed by atoms with E-state index in [1.807, 2.05) is 4.90 Å². The molecule has 0 aromatic heterocycles. The monoisotopic (exact) mass is 278 g/mol. The predicted octanol–water partition coefficient (Wildman–Crippen LogP) is 2.05. The Kier molecular flexibility index (Phi) is 5.28. The number of carbonyl (C=O) groups excluding carboxylic acids is 1. The van der Waals surface area contributed by atoms with Gasteiger partial charge in [0, 0.05) is 31.4 Å². The summed E-state index contributed by atoms with van der Waals surface area (Å²) in [6, 6.07) is 8.80. The van der Waals surface area contributed by atoms with Gasteiger partial charge in [-0.25, -0.2) is 0 Å². The topological polar surface area (TPSA) is 32.3 Å². The molecular formula is C15H22N2OS. The van der Waals surface area contributed by atoms with E-state index >= 15 is 0 Å². The predicted molar refractivity (Wildman–Crippen MR) is 81.4 cm³/mol. The van der Waals surface area contributed by atoms with Crippen molar-refractivity contribution in [2.24, 2.45) is 0 Å². The van der Waals surface area contributed by atoms with Crippen molar-refractivity contribution >= 4 is 17.7 Å². The van der Waals surface area contributed by atoms with Gasteiger partial charge in [-0.2, -0.15) is 0 Å². The van der Waals surface area contributed by atoms with Crippen molar-refractivity contribution in [2.45, 2.75) is 25.6 Å². The molecule has 1 amide bonds. The normalized spacial score (nSPS) is 19.5. The van der Waals surface area contributed by atoms with Gasteiger partial charge in [-0.3, -0.25) is 4.79 Å². The fraction of sp³-hybridized carbons (Fsp3) is 0.533. The molecule has 0 spiro atoms. The van der Waals surface area contributed by atoms with Crippen LogP contribution in [0.1, 0.15) is 18.1 Å². The molecule has 0 radical (unpaired) electrons. The minimum Gasteiger partial charge on any atom is -0.337 e. The number of benzene rings is 1. The van der Waals surface area contributed by atoms with Crippen LogP contribution in [-0.2, 0) is 10.5 Å². The third-order valence-electron chi connectivity index (χ3n) is 3.40. The lowest BCUT2D eigenvalue weighted by Crippen LogP contribution is -2.52. The summed E-state index contributed by atoms with van der Waals surface area (Å²) in [5, 5.41) is 3.31. The number of nitrogens with one attached hydrogen (secondary N) is 1. The molecule has 3 nitrogen and oxygen atoms in total. The molecule has 4 heteroatoms. The van der Waals surface area contributed by atoms with Crippen LogP contribution in [0, 0.1) is 6.92 Å². The number of nitrogens with zero attached hydrogens (tertiary/aromatic N) is 1. The van der Waals surface area contributed by atoms with E-state index in [1.54, 1.807) is 11.8 Å². The first-order chi connectivity index (χ1) is 9.16. The Labute approximate surface area is 119 Å². The fourth-order valence-electron chi connectivity index (χ4n) is 2.35. The highest BCUT2D eigenvalue weighted by Crippen LogP contribution is 2.15. The third kappa shape index (κ3) is 4.25. The Morgan fingerprint density at radius 1 is 1.53 bits per heavy atom. The highest BCUT2D eigenvalue weighted by Gasteiger charge is 2.22. The van der Waals surface area contributed by atoms with Crippen LogP contribution >= 0.6 is 11.8 Å². The number of aryl methyl sites for hydroxylation is 1. The standard InChI is InChI=1S/C15H22N2OS/c1-12-4-3-5-14(8-12)10-19-11-15(18)17-7-6-16-9-13(17)2/h3-5,8,13,16H,6-7,9-11H2,1-2H3. The molecule has 1 aromatic rings. The zero-order valence-electron chi connectivity index (χ0n) is 11.7. The van der Waals surface area contributed by atoms with Gasteiger partial charge in [-0.15, -0.1) is 11.8 Å². The lowest BCUT2D eigenvalue weighted by molar-refractivity contribution is -0.131. The minimum atomic E-state index is 0.270. The second kappa shape index (κ2) is 6.96. The highest BCUT2D eigenvalue weighted by atomic mass is 32.2. The molecule has 1 aromatic carbocycles. The first-order valence-electron chi connectivity index (χ1n) is 6.80. The molecule has 0 aliphatic carbocycles. The lowest BCUT2D eigenvalue weighted by Gasteiger charge is -2.34. The molecule has 1 aliphatic heterocycles. The van der Waals surface area contributed by atoms with Crippen molar-refractivity contribution in [2.75, 3.05) is 25.4 Å². The maximum absolute atomic E-state index is 12.1. The van der Waals surface area contributed by atoms with Gasteiger partial charge >= 0.3 is 0 Å². The zero-order chi connectivity index (χ0) is 13.7. The smallest absolute Gasteiger partial charge is 0.232 e. The van der Waals surface area contributed by atoms with E-state index in [1.165, 1.54) is 11.1 Å². The van der Waals surface area contributed by atoms with Crippen LogP contribution in [0.3, 0.4) is 0 Å². The summed E-state index contributed by atoms with van der Waals surface area (Å²) in [6.07, 6.45) is 0. The van der Waals surface area contributed by atoms with Crippen LogP contribution in [0.2, 0.25) is 0 Å². The SMILES string of the molecule is Cc1cccc(CSCC(=O)N2CCNCC2C)c1. The van der Waals surface area contributed by atoms with E-state index in [2.05, 4.69) is 43.4 Å². The molecule has 19 heavy (non-hydrogen) atoms. The molecular weight excluding hydrogens is 256 g/mol. The summed E-state index contributed by atoms with van der Waals surface area (Å²) < 4.78 is 0. The number of rotatable bonds is 4. The van der Waals surface area contributed by atoms with Crippen molar-refractivity contribution in [3.63, 3.8) is 0 Å². The molecule has 1 atom stereocenters. The van der Waals surface area contributed by atoms with E-state index in [0.29, 0.717) is 11.8 Å². The number of hydrogen-bond acceptors (Lipinski definition) is 3. The van der Waals surface area contributed by atoms with Gasteiger partial charge in [-0.1, -0.05) is 29.8 Å². The van der Waals surface area contributed by atoms with Crippen LogP contribution < -0.4 is 5.32 Å². The quantitative estimate of drug-likeness (QED) is 0.915. The number of hydrogen-bond donors (Lipinski definition) is 1. The second-order valence-electron chi connectivity index (χ2n) is 5.12. The van der Waals surface area contributed by atoms with Crippen molar-refractivity contribution in [3.8, 4) is 0 Å².